The Balaban J connectivity index is 1.22. The number of hydrogen-bond acceptors (Lipinski definition) is 3. The molecule has 3 aromatic rings. The molecular weight excluding hydrogens is 422 g/mol. The molecule has 0 atom stereocenters. The molecule has 1 amide bonds. The van der Waals surface area contributed by atoms with Gasteiger partial charge in [0.1, 0.15) is 0 Å². The van der Waals surface area contributed by atoms with Crippen LogP contribution in [0.3, 0.4) is 0 Å². The number of fused-ring (bicyclic) bond motifs is 1. The Bertz CT molecular complexity index is 1270. The lowest BCUT2D eigenvalue weighted by Gasteiger charge is -2.56. The molecule has 174 valence electrons. The van der Waals surface area contributed by atoms with Crippen LogP contribution in [0.15, 0.2) is 61.3 Å². The fourth-order valence-electron chi connectivity index (χ4n) is 7.37. The van der Waals surface area contributed by atoms with E-state index in [1.165, 1.54) is 38.5 Å². The van der Waals surface area contributed by atoms with E-state index in [1.807, 2.05) is 28.8 Å². The number of nitrogens with zero attached hydrogens (tertiary/aromatic N) is 1. The number of nitrogens with two attached hydrogens (primary N) is 1. The van der Waals surface area contributed by atoms with Crippen molar-refractivity contribution < 1.29 is 9.59 Å². The molecule has 0 saturated heterocycles. The highest BCUT2D eigenvalue weighted by molar-refractivity contribution is 6.10. The minimum absolute atomic E-state index is 0.0516. The second kappa shape index (κ2) is 7.86. The van der Waals surface area contributed by atoms with E-state index >= 15 is 0 Å². The van der Waals surface area contributed by atoms with Crippen LogP contribution >= 0.6 is 0 Å². The first-order chi connectivity index (χ1) is 16.4. The first-order valence-electron chi connectivity index (χ1n) is 12.4. The molecule has 4 aliphatic carbocycles. The van der Waals surface area contributed by atoms with Crippen LogP contribution < -0.4 is 11.1 Å². The molecule has 1 aromatic carbocycles. The maximum Gasteiger partial charge on any atom is 0.253 e. The molecule has 34 heavy (non-hydrogen) atoms. The molecule has 5 nitrogen and oxygen atoms in total. The van der Waals surface area contributed by atoms with Gasteiger partial charge in [-0.2, -0.15) is 0 Å². The van der Waals surface area contributed by atoms with Crippen molar-refractivity contribution in [3.05, 3.63) is 83.7 Å². The summed E-state index contributed by atoms with van der Waals surface area (Å²) in [6, 6.07) is 14.5. The molecule has 2 aromatic heterocycles. The van der Waals surface area contributed by atoms with Gasteiger partial charge in [0.05, 0.1) is 16.8 Å². The number of hydrogen-bond donors (Lipinski definition) is 2. The zero-order valence-electron chi connectivity index (χ0n) is 19.4. The van der Waals surface area contributed by atoms with Crippen LogP contribution in [0.1, 0.15) is 70.5 Å². The number of carbonyl (C=O) groups excluding carboxylic acids is 2. The smallest absolute Gasteiger partial charge is 0.253 e. The van der Waals surface area contributed by atoms with Gasteiger partial charge in [0.25, 0.3) is 5.91 Å². The van der Waals surface area contributed by atoms with Gasteiger partial charge in [-0.3, -0.25) is 9.59 Å². The molecule has 4 fully saturated rings. The number of benzene rings is 1. The summed E-state index contributed by atoms with van der Waals surface area (Å²) in [6.07, 6.45) is 9.84. The Morgan fingerprint density at radius 3 is 2.18 bits per heavy atom. The Kier molecular flexibility index (Phi) is 4.91. The van der Waals surface area contributed by atoms with Crippen molar-refractivity contribution in [3.63, 3.8) is 0 Å². The van der Waals surface area contributed by atoms with Crippen LogP contribution in [0.2, 0.25) is 0 Å². The molecule has 4 saturated carbocycles. The Labute approximate surface area is 200 Å². The highest BCUT2D eigenvalue weighted by Crippen LogP contribution is 2.59. The molecule has 0 aliphatic heterocycles. The standard InChI is InChI=1S/C29H31N3O2/c1-18(30)22-4-6-23(7-5-22)27(33)26-9-8-25-24(3-2-10-32(25)26)28(34)31-17-29-14-19-11-20(15-29)13-21(12-19)16-29/h2-10,19-21H,1,11-17,30H2,(H,31,34). The Hall–Kier alpha value is -3.34. The van der Waals surface area contributed by atoms with E-state index in [4.69, 9.17) is 5.73 Å². The van der Waals surface area contributed by atoms with E-state index in [-0.39, 0.29) is 11.7 Å². The molecule has 4 bridgehead atoms. The monoisotopic (exact) mass is 453 g/mol. The third-order valence-corrected chi connectivity index (χ3v) is 8.48. The van der Waals surface area contributed by atoms with Crippen molar-refractivity contribution in [2.24, 2.45) is 28.9 Å². The third-order valence-electron chi connectivity index (χ3n) is 8.48. The van der Waals surface area contributed by atoms with E-state index in [1.54, 1.807) is 30.3 Å². The van der Waals surface area contributed by atoms with Crippen LogP contribution in [-0.2, 0) is 0 Å². The summed E-state index contributed by atoms with van der Waals surface area (Å²) in [7, 11) is 0. The fourth-order valence-corrected chi connectivity index (χ4v) is 7.37. The number of carbonyl (C=O) groups is 2. The van der Waals surface area contributed by atoms with Gasteiger partial charge in [-0.1, -0.05) is 30.8 Å². The predicted molar refractivity (Wildman–Crippen MR) is 133 cm³/mol. The van der Waals surface area contributed by atoms with Gasteiger partial charge in [0, 0.05) is 24.0 Å². The quantitative estimate of drug-likeness (QED) is 0.513. The summed E-state index contributed by atoms with van der Waals surface area (Å²) in [4.78, 5) is 26.5. The van der Waals surface area contributed by atoms with Gasteiger partial charge in [-0.05, 0) is 91.5 Å². The lowest BCUT2D eigenvalue weighted by Crippen LogP contribution is -2.51. The number of nitrogens with one attached hydrogen (secondary N) is 1. The molecule has 0 unspecified atom stereocenters. The van der Waals surface area contributed by atoms with Crippen molar-refractivity contribution in [2.45, 2.75) is 38.5 Å². The van der Waals surface area contributed by atoms with Crippen LogP contribution in [0, 0.1) is 23.2 Å². The lowest BCUT2D eigenvalue weighted by atomic mass is 9.49. The highest BCUT2D eigenvalue weighted by Gasteiger charge is 2.50. The second-order valence-corrected chi connectivity index (χ2v) is 10.9. The first kappa shape index (κ1) is 21.2. The second-order valence-electron chi connectivity index (χ2n) is 10.9. The van der Waals surface area contributed by atoms with Gasteiger partial charge >= 0.3 is 0 Å². The number of aromatic nitrogens is 1. The Morgan fingerprint density at radius 1 is 0.941 bits per heavy atom. The maximum absolute atomic E-state index is 13.3. The molecule has 7 rings (SSSR count). The van der Waals surface area contributed by atoms with Crippen LogP contribution in [0.5, 0.6) is 0 Å². The fraction of sp³-hybridized carbons (Fsp3) is 0.379. The number of ketones is 1. The third kappa shape index (κ3) is 3.54. The molecule has 5 heteroatoms. The summed E-state index contributed by atoms with van der Waals surface area (Å²) in [5.41, 5.74) is 9.77. The summed E-state index contributed by atoms with van der Waals surface area (Å²) in [5.74, 6) is 2.44. The van der Waals surface area contributed by atoms with Crippen LogP contribution in [-0.4, -0.2) is 22.6 Å². The molecule has 0 radical (unpaired) electrons. The Morgan fingerprint density at radius 2 is 1.56 bits per heavy atom. The van der Waals surface area contributed by atoms with Crippen molar-refractivity contribution in [1.82, 2.24) is 9.72 Å². The van der Waals surface area contributed by atoms with E-state index in [0.717, 1.165) is 35.4 Å². The largest absolute Gasteiger partial charge is 0.399 e. The molecule has 4 aliphatic rings. The number of rotatable bonds is 6. The van der Waals surface area contributed by atoms with E-state index < -0.39 is 0 Å². The van der Waals surface area contributed by atoms with Gasteiger partial charge in [-0.15, -0.1) is 0 Å². The zero-order chi connectivity index (χ0) is 23.4. The minimum Gasteiger partial charge on any atom is -0.399 e. The van der Waals surface area contributed by atoms with Gasteiger partial charge in [0.15, 0.2) is 0 Å². The van der Waals surface area contributed by atoms with E-state index in [9.17, 15) is 9.59 Å². The lowest BCUT2D eigenvalue weighted by molar-refractivity contribution is -0.0503. The molecule has 0 spiro atoms. The number of amides is 1. The van der Waals surface area contributed by atoms with E-state index in [2.05, 4.69) is 11.9 Å². The zero-order valence-corrected chi connectivity index (χ0v) is 19.4. The van der Waals surface area contributed by atoms with Gasteiger partial charge < -0.3 is 15.5 Å². The summed E-state index contributed by atoms with van der Waals surface area (Å²) < 4.78 is 1.82. The average molecular weight is 454 g/mol. The van der Waals surface area contributed by atoms with Crippen LogP contribution in [0.25, 0.3) is 11.2 Å². The van der Waals surface area contributed by atoms with Crippen molar-refractivity contribution in [2.75, 3.05) is 6.54 Å². The summed E-state index contributed by atoms with van der Waals surface area (Å²) in [6.45, 7) is 4.50. The molecular formula is C29H31N3O2. The van der Waals surface area contributed by atoms with Crippen molar-refractivity contribution in [3.8, 4) is 0 Å². The van der Waals surface area contributed by atoms with Crippen LogP contribution in [0.4, 0.5) is 0 Å². The highest BCUT2D eigenvalue weighted by atomic mass is 16.1. The van der Waals surface area contributed by atoms with E-state index in [0.29, 0.717) is 27.9 Å². The number of pyridine rings is 1. The van der Waals surface area contributed by atoms with Crippen molar-refractivity contribution >= 4 is 22.9 Å². The first-order valence-corrected chi connectivity index (χ1v) is 12.4. The normalized spacial score (nSPS) is 27.1. The SMILES string of the molecule is C=C(N)c1ccc(C(=O)c2ccc3c(C(=O)NCC45CC6CC(CC(C6)C4)C5)cccn23)cc1. The topological polar surface area (TPSA) is 76.6 Å². The average Bonchev–Trinajstić information content (AvgIpc) is 3.25. The molecule has 3 N–H and O–H groups in total. The minimum atomic E-state index is -0.0969. The molecule has 2 heterocycles. The predicted octanol–water partition coefficient (Wildman–Crippen LogP) is 5.05. The van der Waals surface area contributed by atoms with Gasteiger partial charge in [-0.25, -0.2) is 0 Å². The van der Waals surface area contributed by atoms with Crippen molar-refractivity contribution in [1.29, 1.82) is 0 Å². The summed E-state index contributed by atoms with van der Waals surface area (Å²) >= 11 is 0. The maximum atomic E-state index is 13.3. The van der Waals surface area contributed by atoms with Gasteiger partial charge in [0.2, 0.25) is 5.78 Å². The summed E-state index contributed by atoms with van der Waals surface area (Å²) in [5, 5.41) is 3.28.